The van der Waals surface area contributed by atoms with Crippen LogP contribution >= 0.6 is 0 Å². The molecule has 2 aromatic carbocycles. The van der Waals surface area contributed by atoms with Crippen molar-refractivity contribution in [3.8, 4) is 0 Å². The van der Waals surface area contributed by atoms with Gasteiger partial charge in [-0.1, -0.05) is 42.5 Å². The second-order valence-corrected chi connectivity index (χ2v) is 3.83. The molecule has 0 aliphatic heterocycles. The molecular formula is C15H11N. The number of fused-ring (bicyclic) bond motifs is 1. The second kappa shape index (κ2) is 3.75. The van der Waals surface area contributed by atoms with Gasteiger partial charge in [0.1, 0.15) is 0 Å². The quantitative estimate of drug-likeness (QED) is 0.605. The van der Waals surface area contributed by atoms with Crippen LogP contribution in [0.5, 0.6) is 0 Å². The highest BCUT2D eigenvalue weighted by atomic mass is 14.9. The summed E-state index contributed by atoms with van der Waals surface area (Å²) in [6.07, 6.45) is 3.15. The van der Waals surface area contributed by atoms with Crippen molar-refractivity contribution >= 4 is 10.9 Å². The number of para-hydroxylation sites is 1. The molecule has 1 nitrogen and oxygen atoms in total. The van der Waals surface area contributed by atoms with Crippen LogP contribution in [0.3, 0.4) is 0 Å². The highest BCUT2D eigenvalue weighted by Crippen LogP contribution is 2.12. The summed E-state index contributed by atoms with van der Waals surface area (Å²) in [4.78, 5) is 0. The van der Waals surface area contributed by atoms with E-state index >= 15 is 0 Å². The highest BCUT2D eigenvalue weighted by Gasteiger charge is 1.99. The van der Waals surface area contributed by atoms with Gasteiger partial charge in [0.05, 0.1) is 17.4 Å². The number of hydrogen-bond acceptors (Lipinski definition) is 0. The summed E-state index contributed by atoms with van der Waals surface area (Å²) < 4.78 is 2.10. The van der Waals surface area contributed by atoms with E-state index in [0.717, 1.165) is 11.9 Å². The van der Waals surface area contributed by atoms with Crippen LogP contribution in [0.1, 0.15) is 5.56 Å². The molecule has 3 aromatic rings. The van der Waals surface area contributed by atoms with E-state index in [0.29, 0.717) is 0 Å². The average molecular weight is 205 g/mol. The van der Waals surface area contributed by atoms with Gasteiger partial charge in [0, 0.05) is 6.20 Å². The van der Waals surface area contributed by atoms with E-state index < -0.39 is 0 Å². The predicted octanol–water partition coefficient (Wildman–Crippen LogP) is 3.29. The van der Waals surface area contributed by atoms with E-state index in [1.807, 2.05) is 18.2 Å². The van der Waals surface area contributed by atoms with Crippen LogP contribution in [0.25, 0.3) is 10.9 Å². The summed E-state index contributed by atoms with van der Waals surface area (Å²) in [7, 11) is 0. The van der Waals surface area contributed by atoms with Gasteiger partial charge in [-0.25, -0.2) is 0 Å². The third-order valence-electron chi connectivity index (χ3n) is 2.70. The average Bonchev–Trinajstić information content (AvgIpc) is 2.74. The maximum absolute atomic E-state index is 3.15. The molecule has 0 atom stereocenters. The van der Waals surface area contributed by atoms with Gasteiger partial charge in [-0.15, -0.1) is 0 Å². The maximum atomic E-state index is 3.15. The molecule has 0 radical (unpaired) electrons. The monoisotopic (exact) mass is 205 g/mol. The zero-order valence-electron chi connectivity index (χ0n) is 8.85. The van der Waals surface area contributed by atoms with Gasteiger partial charge in [-0.05, 0) is 23.8 Å². The Morgan fingerprint density at radius 3 is 2.50 bits per heavy atom. The van der Waals surface area contributed by atoms with Crippen LogP contribution in [0, 0.1) is 12.3 Å². The van der Waals surface area contributed by atoms with Gasteiger partial charge in [-0.2, -0.15) is 0 Å². The second-order valence-electron chi connectivity index (χ2n) is 3.83. The third kappa shape index (κ3) is 1.55. The largest absolute Gasteiger partial charge is 0.296 e. The molecule has 76 valence electrons. The van der Waals surface area contributed by atoms with E-state index in [9.17, 15) is 0 Å². The molecule has 0 amide bonds. The van der Waals surface area contributed by atoms with Gasteiger partial charge in [0.25, 0.3) is 0 Å². The molecule has 0 saturated heterocycles. The Hall–Kier alpha value is -2.20. The zero-order valence-corrected chi connectivity index (χ0v) is 8.85. The molecule has 0 N–H and O–H groups in total. The Morgan fingerprint density at radius 2 is 1.62 bits per heavy atom. The van der Waals surface area contributed by atoms with Crippen LogP contribution < -0.4 is 0 Å². The Bertz CT molecular complexity index is 593. The molecular weight excluding hydrogens is 194 g/mol. The lowest BCUT2D eigenvalue weighted by atomic mass is 10.2. The van der Waals surface area contributed by atoms with Crippen LogP contribution in [-0.2, 0) is 6.54 Å². The summed E-state index contributed by atoms with van der Waals surface area (Å²) in [6, 6.07) is 21.8. The molecule has 3 rings (SSSR count). The van der Waals surface area contributed by atoms with Gasteiger partial charge < -0.3 is 0 Å². The van der Waals surface area contributed by atoms with Crippen molar-refractivity contribution < 1.29 is 0 Å². The molecule has 0 spiro atoms. The smallest absolute Gasteiger partial charge is 0.0650 e. The van der Waals surface area contributed by atoms with Crippen molar-refractivity contribution in [3.63, 3.8) is 0 Å². The maximum Gasteiger partial charge on any atom is 0.0650 e. The molecule has 16 heavy (non-hydrogen) atoms. The fourth-order valence-corrected chi connectivity index (χ4v) is 1.89. The SMILES string of the molecule is c1c2ccccc2n(Cc2ccccc2)c#1. The molecule has 0 aliphatic rings. The van der Waals surface area contributed by atoms with E-state index in [4.69, 9.17) is 0 Å². The lowest BCUT2D eigenvalue weighted by molar-refractivity contribution is 0.837. The fourth-order valence-electron chi connectivity index (χ4n) is 1.89. The number of hydrogen-bond donors (Lipinski definition) is 0. The molecule has 0 bridgehead atoms. The molecule has 1 heterocycles. The zero-order chi connectivity index (χ0) is 10.8. The third-order valence-corrected chi connectivity index (χ3v) is 2.70. The topological polar surface area (TPSA) is 4.93 Å². The van der Waals surface area contributed by atoms with Crippen molar-refractivity contribution in [3.05, 3.63) is 72.4 Å². The first-order valence-corrected chi connectivity index (χ1v) is 5.36. The summed E-state index contributed by atoms with van der Waals surface area (Å²) in [5, 5.41) is 1.12. The first-order chi connectivity index (χ1) is 7.93. The summed E-state index contributed by atoms with van der Waals surface area (Å²) in [6.45, 7) is 0.852. The van der Waals surface area contributed by atoms with Crippen LogP contribution in [-0.4, -0.2) is 4.57 Å². The minimum atomic E-state index is 0.852. The summed E-state index contributed by atoms with van der Waals surface area (Å²) in [5.74, 6) is 0. The molecule has 1 heteroatoms. The Balaban J connectivity index is 2.01. The Morgan fingerprint density at radius 1 is 0.875 bits per heavy atom. The number of aromatic nitrogens is 1. The van der Waals surface area contributed by atoms with Crippen molar-refractivity contribution in [2.45, 2.75) is 6.54 Å². The van der Waals surface area contributed by atoms with Crippen molar-refractivity contribution in [1.29, 1.82) is 0 Å². The predicted molar refractivity (Wildman–Crippen MR) is 65.2 cm³/mol. The number of rotatable bonds is 2. The standard InChI is InChI=1S/C15H11N/c1-2-6-13(7-3-1)12-16-11-10-14-8-4-5-9-15(14)16/h1-9H,12H2. The van der Waals surface area contributed by atoms with Crippen molar-refractivity contribution in [1.82, 2.24) is 4.57 Å². The first kappa shape index (κ1) is 9.06. The molecule has 0 unspecified atom stereocenters. The summed E-state index contributed by atoms with van der Waals surface area (Å²) in [5.41, 5.74) is 2.47. The van der Waals surface area contributed by atoms with Crippen molar-refractivity contribution in [2.24, 2.45) is 0 Å². The minimum absolute atomic E-state index is 0.852. The van der Waals surface area contributed by atoms with E-state index in [-0.39, 0.29) is 0 Å². The molecule has 0 saturated carbocycles. The molecule has 1 aromatic heterocycles. The lowest BCUT2D eigenvalue weighted by Gasteiger charge is -2.03. The Labute approximate surface area is 95.0 Å². The van der Waals surface area contributed by atoms with Gasteiger partial charge in [-0.3, -0.25) is 4.57 Å². The highest BCUT2D eigenvalue weighted by molar-refractivity contribution is 5.77. The normalized spacial score (nSPS) is 10.2. The van der Waals surface area contributed by atoms with E-state index in [2.05, 4.69) is 53.2 Å². The summed E-state index contributed by atoms with van der Waals surface area (Å²) >= 11 is 0. The fraction of sp³-hybridized carbons (Fsp3) is 0.0667. The first-order valence-electron chi connectivity index (χ1n) is 5.36. The van der Waals surface area contributed by atoms with Gasteiger partial charge in [0.15, 0.2) is 0 Å². The van der Waals surface area contributed by atoms with E-state index in [1.165, 1.54) is 11.1 Å². The van der Waals surface area contributed by atoms with Gasteiger partial charge >= 0.3 is 0 Å². The van der Waals surface area contributed by atoms with Crippen LogP contribution in [0.2, 0.25) is 0 Å². The molecule has 0 fully saturated rings. The van der Waals surface area contributed by atoms with Crippen LogP contribution in [0.4, 0.5) is 0 Å². The Kier molecular flexibility index (Phi) is 2.12. The number of benzene rings is 2. The number of nitrogens with zero attached hydrogens (tertiary/aromatic N) is 1. The van der Waals surface area contributed by atoms with E-state index in [1.54, 1.807) is 0 Å². The van der Waals surface area contributed by atoms with Crippen LogP contribution in [0.15, 0.2) is 54.6 Å². The molecule has 0 aliphatic carbocycles. The minimum Gasteiger partial charge on any atom is -0.296 e. The lowest BCUT2D eigenvalue weighted by Crippen LogP contribution is -1.96. The van der Waals surface area contributed by atoms with Crippen molar-refractivity contribution in [2.75, 3.05) is 0 Å². The van der Waals surface area contributed by atoms with Gasteiger partial charge in [0.2, 0.25) is 0 Å².